The van der Waals surface area contributed by atoms with Crippen molar-refractivity contribution in [3.05, 3.63) is 56.4 Å². The number of β-amino-alcohol motifs (C(OH)–C–C–N with tert-alkyl or cyclic N) is 1. The van der Waals surface area contributed by atoms with Crippen LogP contribution in [0.15, 0.2) is 28.0 Å². The SMILES string of the molecule is Cc1nccc(CN2CC[C@H](n3cc(C)c(=O)[nH]c3=O)[C@@](C)(O)C2)n1. The summed E-state index contributed by atoms with van der Waals surface area (Å²) in [5.41, 5.74) is -0.624. The van der Waals surface area contributed by atoms with E-state index in [1.807, 2.05) is 13.0 Å². The lowest BCUT2D eigenvalue weighted by molar-refractivity contribution is -0.0606. The molecular formula is C17H23N5O3. The van der Waals surface area contributed by atoms with Crippen molar-refractivity contribution in [2.24, 2.45) is 0 Å². The second-order valence-corrected chi connectivity index (χ2v) is 6.95. The Labute approximate surface area is 145 Å². The summed E-state index contributed by atoms with van der Waals surface area (Å²) in [6.45, 7) is 6.96. The van der Waals surface area contributed by atoms with Crippen LogP contribution in [0.3, 0.4) is 0 Å². The Bertz CT molecular complexity index is 886. The molecule has 2 aromatic heterocycles. The molecule has 1 aliphatic heterocycles. The number of likely N-dealkylation sites (tertiary alicyclic amines) is 1. The van der Waals surface area contributed by atoms with Crippen molar-refractivity contribution in [3.8, 4) is 0 Å². The summed E-state index contributed by atoms with van der Waals surface area (Å²) in [4.78, 5) is 36.6. The Morgan fingerprint density at radius 2 is 2.16 bits per heavy atom. The van der Waals surface area contributed by atoms with Crippen LogP contribution in [-0.2, 0) is 6.54 Å². The third-order valence-electron chi connectivity index (χ3n) is 4.68. The molecule has 0 bridgehead atoms. The molecule has 0 spiro atoms. The molecule has 1 saturated heterocycles. The largest absolute Gasteiger partial charge is 0.387 e. The predicted octanol–water partition coefficient (Wildman–Crippen LogP) is 0.141. The lowest BCUT2D eigenvalue weighted by Crippen LogP contribution is -2.54. The molecule has 0 aliphatic carbocycles. The number of hydrogen-bond acceptors (Lipinski definition) is 6. The molecule has 8 heteroatoms. The molecule has 1 aliphatic rings. The Morgan fingerprint density at radius 1 is 1.40 bits per heavy atom. The van der Waals surface area contributed by atoms with Gasteiger partial charge in [-0.05, 0) is 33.3 Å². The molecule has 2 aromatic rings. The van der Waals surface area contributed by atoms with Crippen LogP contribution >= 0.6 is 0 Å². The smallest absolute Gasteiger partial charge is 0.328 e. The van der Waals surface area contributed by atoms with Gasteiger partial charge in [-0.3, -0.25) is 19.2 Å². The van der Waals surface area contributed by atoms with E-state index in [4.69, 9.17) is 0 Å². The topological polar surface area (TPSA) is 104 Å². The Hall–Kier alpha value is -2.32. The Balaban J connectivity index is 1.80. The van der Waals surface area contributed by atoms with Gasteiger partial charge >= 0.3 is 5.69 Å². The van der Waals surface area contributed by atoms with Gasteiger partial charge < -0.3 is 5.11 Å². The number of nitrogens with zero attached hydrogens (tertiary/aromatic N) is 4. The minimum Gasteiger partial charge on any atom is -0.387 e. The number of aromatic amines is 1. The highest BCUT2D eigenvalue weighted by Crippen LogP contribution is 2.31. The highest BCUT2D eigenvalue weighted by Gasteiger charge is 2.39. The van der Waals surface area contributed by atoms with Crippen molar-refractivity contribution in [1.29, 1.82) is 0 Å². The highest BCUT2D eigenvalue weighted by atomic mass is 16.3. The van der Waals surface area contributed by atoms with Gasteiger partial charge in [-0.15, -0.1) is 0 Å². The maximum Gasteiger partial charge on any atom is 0.328 e. The average molecular weight is 345 g/mol. The summed E-state index contributed by atoms with van der Waals surface area (Å²) < 4.78 is 1.45. The van der Waals surface area contributed by atoms with Crippen LogP contribution in [0.5, 0.6) is 0 Å². The van der Waals surface area contributed by atoms with E-state index in [1.165, 1.54) is 10.8 Å². The molecule has 25 heavy (non-hydrogen) atoms. The van der Waals surface area contributed by atoms with Crippen LogP contribution in [0.4, 0.5) is 0 Å². The molecule has 0 saturated carbocycles. The lowest BCUT2D eigenvalue weighted by Gasteiger charge is -2.43. The zero-order valence-electron chi connectivity index (χ0n) is 14.7. The summed E-state index contributed by atoms with van der Waals surface area (Å²) in [5, 5.41) is 10.9. The van der Waals surface area contributed by atoms with E-state index in [0.29, 0.717) is 31.6 Å². The van der Waals surface area contributed by atoms with Crippen molar-refractivity contribution in [1.82, 2.24) is 24.4 Å². The number of nitrogens with one attached hydrogen (secondary N) is 1. The average Bonchev–Trinajstić information content (AvgIpc) is 2.51. The second-order valence-electron chi connectivity index (χ2n) is 6.95. The lowest BCUT2D eigenvalue weighted by atomic mass is 9.88. The summed E-state index contributed by atoms with van der Waals surface area (Å²) in [6.07, 6.45) is 3.86. The van der Waals surface area contributed by atoms with Gasteiger partial charge in [0.2, 0.25) is 0 Å². The van der Waals surface area contributed by atoms with Gasteiger partial charge in [0, 0.05) is 37.6 Å². The minimum absolute atomic E-state index is 0.390. The number of piperidine rings is 1. The molecule has 0 amide bonds. The maximum absolute atomic E-state index is 12.2. The van der Waals surface area contributed by atoms with Gasteiger partial charge in [-0.25, -0.2) is 14.8 Å². The molecule has 0 unspecified atom stereocenters. The van der Waals surface area contributed by atoms with E-state index in [1.54, 1.807) is 20.0 Å². The Kier molecular flexibility index (Phi) is 4.57. The zero-order chi connectivity index (χ0) is 18.2. The molecule has 8 nitrogen and oxygen atoms in total. The first-order valence-electron chi connectivity index (χ1n) is 8.31. The van der Waals surface area contributed by atoms with Gasteiger partial charge in [0.1, 0.15) is 5.82 Å². The van der Waals surface area contributed by atoms with Crippen LogP contribution in [-0.4, -0.2) is 48.2 Å². The first kappa shape index (κ1) is 17.5. The van der Waals surface area contributed by atoms with E-state index in [0.717, 1.165) is 11.5 Å². The van der Waals surface area contributed by atoms with E-state index in [-0.39, 0.29) is 6.04 Å². The highest BCUT2D eigenvalue weighted by molar-refractivity contribution is 5.06. The number of hydrogen-bond donors (Lipinski definition) is 2. The first-order chi connectivity index (χ1) is 11.8. The number of rotatable bonds is 3. The van der Waals surface area contributed by atoms with Crippen LogP contribution in [0, 0.1) is 13.8 Å². The molecule has 3 rings (SSSR count). The van der Waals surface area contributed by atoms with Gasteiger partial charge in [-0.2, -0.15) is 0 Å². The maximum atomic E-state index is 12.2. The quantitative estimate of drug-likeness (QED) is 0.820. The zero-order valence-corrected chi connectivity index (χ0v) is 14.7. The fourth-order valence-electron chi connectivity index (χ4n) is 3.47. The van der Waals surface area contributed by atoms with E-state index in [2.05, 4.69) is 19.9 Å². The normalized spacial score (nSPS) is 24.4. The minimum atomic E-state index is -1.10. The molecule has 0 radical (unpaired) electrons. The predicted molar refractivity (Wildman–Crippen MR) is 92.4 cm³/mol. The third kappa shape index (κ3) is 3.69. The number of aryl methyl sites for hydroxylation is 2. The monoisotopic (exact) mass is 345 g/mol. The van der Waals surface area contributed by atoms with Crippen molar-refractivity contribution < 1.29 is 5.11 Å². The summed E-state index contributed by atoms with van der Waals surface area (Å²) in [6, 6.07) is 1.47. The van der Waals surface area contributed by atoms with Gasteiger partial charge in [0.15, 0.2) is 0 Å². The summed E-state index contributed by atoms with van der Waals surface area (Å²) in [5.74, 6) is 0.717. The molecule has 3 heterocycles. The fraction of sp³-hybridized carbons (Fsp3) is 0.529. The molecule has 134 valence electrons. The van der Waals surface area contributed by atoms with Gasteiger partial charge in [0.25, 0.3) is 5.56 Å². The van der Waals surface area contributed by atoms with Crippen LogP contribution in [0.25, 0.3) is 0 Å². The van der Waals surface area contributed by atoms with Gasteiger partial charge in [0.05, 0.1) is 17.3 Å². The molecule has 0 aromatic carbocycles. The first-order valence-corrected chi connectivity index (χ1v) is 8.31. The van der Waals surface area contributed by atoms with Gasteiger partial charge in [-0.1, -0.05) is 0 Å². The molecular weight excluding hydrogens is 322 g/mol. The standard InChI is InChI=1S/C17H23N5O3/c1-11-8-22(16(24)20-15(11)23)14-5-7-21(10-17(14,3)25)9-13-4-6-18-12(2)19-13/h4,6,8,14,25H,5,7,9-10H2,1-3H3,(H,20,23,24)/t14-,17-/m0/s1. The van der Waals surface area contributed by atoms with Crippen LogP contribution in [0.2, 0.25) is 0 Å². The number of aromatic nitrogens is 4. The molecule has 2 N–H and O–H groups in total. The van der Waals surface area contributed by atoms with Crippen LogP contribution in [0.1, 0.15) is 36.5 Å². The number of aliphatic hydroxyl groups is 1. The summed E-state index contributed by atoms with van der Waals surface area (Å²) in [7, 11) is 0. The molecule has 1 fully saturated rings. The summed E-state index contributed by atoms with van der Waals surface area (Å²) >= 11 is 0. The Morgan fingerprint density at radius 3 is 2.84 bits per heavy atom. The third-order valence-corrected chi connectivity index (χ3v) is 4.68. The van der Waals surface area contributed by atoms with Crippen molar-refractivity contribution in [2.45, 2.75) is 45.4 Å². The second kappa shape index (κ2) is 6.53. The van der Waals surface area contributed by atoms with Crippen molar-refractivity contribution in [2.75, 3.05) is 13.1 Å². The van der Waals surface area contributed by atoms with E-state index in [9.17, 15) is 14.7 Å². The van der Waals surface area contributed by atoms with Crippen molar-refractivity contribution >= 4 is 0 Å². The number of H-pyrrole nitrogens is 1. The van der Waals surface area contributed by atoms with E-state index >= 15 is 0 Å². The molecule has 2 atom stereocenters. The van der Waals surface area contributed by atoms with E-state index < -0.39 is 16.9 Å². The van der Waals surface area contributed by atoms with Crippen molar-refractivity contribution in [3.63, 3.8) is 0 Å². The van der Waals surface area contributed by atoms with Crippen LogP contribution < -0.4 is 11.2 Å². The fourth-order valence-corrected chi connectivity index (χ4v) is 3.47.